The largest absolute Gasteiger partial charge is 0.398 e. The topological polar surface area (TPSA) is 74.3 Å². The zero-order valence-corrected chi connectivity index (χ0v) is 11.7. The van der Waals surface area contributed by atoms with Gasteiger partial charge in [0, 0.05) is 37.1 Å². The van der Waals surface area contributed by atoms with E-state index in [0.29, 0.717) is 16.9 Å². The second kappa shape index (κ2) is 6.27. The van der Waals surface area contributed by atoms with E-state index in [2.05, 4.69) is 10.3 Å². The molecule has 1 rings (SSSR count). The lowest BCUT2D eigenvalue weighted by Gasteiger charge is -2.18. The van der Waals surface area contributed by atoms with Crippen molar-refractivity contribution in [2.75, 3.05) is 18.1 Å². The highest BCUT2D eigenvalue weighted by atomic mass is 19.3. The van der Waals surface area contributed by atoms with Crippen molar-refractivity contribution in [1.29, 1.82) is 5.41 Å². The van der Waals surface area contributed by atoms with E-state index in [4.69, 9.17) is 11.1 Å². The van der Waals surface area contributed by atoms with Crippen LogP contribution in [0.15, 0.2) is 34.8 Å². The number of rotatable bonds is 4. The monoisotopic (exact) mass is 280 g/mol. The SMILES string of the molecule is C/C=C(\C(=NC)Nc1ccc(N)c(C=N)c1)C(C)(F)F. The summed E-state index contributed by atoms with van der Waals surface area (Å²) in [6.45, 7) is 2.35. The molecule has 0 aliphatic carbocycles. The van der Waals surface area contributed by atoms with E-state index in [1.54, 1.807) is 18.2 Å². The Balaban J connectivity index is 3.10. The summed E-state index contributed by atoms with van der Waals surface area (Å²) in [6.07, 6.45) is 2.43. The van der Waals surface area contributed by atoms with Crippen molar-refractivity contribution in [2.45, 2.75) is 19.8 Å². The number of nitrogens with one attached hydrogen (secondary N) is 2. The summed E-state index contributed by atoms with van der Waals surface area (Å²) in [6, 6.07) is 4.86. The molecule has 4 N–H and O–H groups in total. The van der Waals surface area contributed by atoms with Crippen molar-refractivity contribution >= 4 is 23.4 Å². The number of halogens is 2. The lowest BCUT2D eigenvalue weighted by Crippen LogP contribution is -2.27. The maximum atomic E-state index is 13.5. The number of aliphatic imine (C=N–C) groups is 1. The number of alkyl halides is 2. The summed E-state index contributed by atoms with van der Waals surface area (Å²) in [5, 5.41) is 10.1. The molecule has 0 saturated heterocycles. The maximum Gasteiger partial charge on any atom is 0.273 e. The van der Waals surface area contributed by atoms with Crippen LogP contribution in [-0.4, -0.2) is 25.0 Å². The summed E-state index contributed by atoms with van der Waals surface area (Å²) in [5.74, 6) is -2.91. The fourth-order valence-corrected chi connectivity index (χ4v) is 1.76. The van der Waals surface area contributed by atoms with Crippen LogP contribution in [0, 0.1) is 5.41 Å². The van der Waals surface area contributed by atoms with Crippen LogP contribution in [0.1, 0.15) is 19.4 Å². The van der Waals surface area contributed by atoms with Gasteiger partial charge in [-0.15, -0.1) is 0 Å². The molecule has 0 bridgehead atoms. The van der Waals surface area contributed by atoms with Gasteiger partial charge >= 0.3 is 0 Å². The van der Waals surface area contributed by atoms with E-state index >= 15 is 0 Å². The quantitative estimate of drug-likeness (QED) is 0.449. The molecule has 0 unspecified atom stereocenters. The second-order valence-corrected chi connectivity index (χ2v) is 4.28. The third kappa shape index (κ3) is 3.63. The van der Waals surface area contributed by atoms with E-state index in [-0.39, 0.29) is 11.4 Å². The number of anilines is 2. The highest BCUT2D eigenvalue weighted by molar-refractivity contribution is 6.09. The molecule has 0 spiro atoms. The number of allylic oxidation sites excluding steroid dienone is 1. The Morgan fingerprint density at radius 3 is 2.55 bits per heavy atom. The standard InChI is InChI=1S/C14H18F2N4/c1-4-11(14(2,15)16)13(19-3)20-10-5-6-12(18)9(7-10)8-17/h4-8,17H,18H2,1-3H3,(H,19,20)/b11-4+,17-8?. The average molecular weight is 280 g/mol. The zero-order chi connectivity index (χ0) is 15.3. The number of nitrogens with zero attached hydrogens (tertiary/aromatic N) is 1. The van der Waals surface area contributed by atoms with Crippen LogP contribution in [0.5, 0.6) is 0 Å². The molecule has 0 fully saturated rings. The highest BCUT2D eigenvalue weighted by Gasteiger charge is 2.30. The molecule has 0 atom stereocenters. The third-order valence-corrected chi connectivity index (χ3v) is 2.75. The Kier molecular flexibility index (Phi) is 4.96. The Bertz CT molecular complexity index is 557. The molecule has 0 aliphatic heterocycles. The minimum atomic E-state index is -2.99. The molecule has 0 aliphatic rings. The van der Waals surface area contributed by atoms with Crippen LogP contribution in [0.2, 0.25) is 0 Å². The highest BCUT2D eigenvalue weighted by Crippen LogP contribution is 2.25. The summed E-state index contributed by atoms with van der Waals surface area (Å²) < 4.78 is 27.0. The van der Waals surface area contributed by atoms with E-state index in [9.17, 15) is 8.78 Å². The second-order valence-electron chi connectivity index (χ2n) is 4.28. The van der Waals surface area contributed by atoms with Gasteiger partial charge in [-0.05, 0) is 25.1 Å². The normalized spacial score (nSPS) is 13.2. The average Bonchev–Trinajstić information content (AvgIpc) is 2.38. The molecule has 0 saturated carbocycles. The van der Waals surface area contributed by atoms with Crippen LogP contribution in [-0.2, 0) is 0 Å². The van der Waals surface area contributed by atoms with Gasteiger partial charge in [0.2, 0.25) is 0 Å². The van der Waals surface area contributed by atoms with Crippen molar-refractivity contribution in [1.82, 2.24) is 0 Å². The minimum absolute atomic E-state index is 0.0840. The number of hydrogen-bond acceptors (Lipinski definition) is 3. The predicted octanol–water partition coefficient (Wildman–Crippen LogP) is 3.31. The Morgan fingerprint density at radius 2 is 2.10 bits per heavy atom. The smallest absolute Gasteiger partial charge is 0.273 e. The van der Waals surface area contributed by atoms with Crippen molar-refractivity contribution in [3.63, 3.8) is 0 Å². The molecule has 20 heavy (non-hydrogen) atoms. The molecule has 1 aromatic rings. The van der Waals surface area contributed by atoms with Gasteiger partial charge in [0.15, 0.2) is 0 Å². The molecule has 1 aromatic carbocycles. The molecule has 0 heterocycles. The number of nitrogens with two attached hydrogens (primary N) is 1. The van der Waals surface area contributed by atoms with E-state index in [1.807, 2.05) is 0 Å². The molecule has 108 valence electrons. The fraction of sp³-hybridized carbons (Fsp3) is 0.286. The number of benzene rings is 1. The fourth-order valence-electron chi connectivity index (χ4n) is 1.76. The van der Waals surface area contributed by atoms with Gasteiger partial charge in [-0.1, -0.05) is 6.08 Å². The van der Waals surface area contributed by atoms with Gasteiger partial charge in [0.05, 0.1) is 5.57 Å². The first-order valence-electron chi connectivity index (χ1n) is 6.02. The zero-order valence-electron chi connectivity index (χ0n) is 11.7. The Labute approximate surface area is 116 Å². The summed E-state index contributed by atoms with van der Waals surface area (Å²) >= 11 is 0. The first kappa shape index (κ1) is 15.8. The van der Waals surface area contributed by atoms with Crippen molar-refractivity contribution in [3.05, 3.63) is 35.4 Å². The van der Waals surface area contributed by atoms with Gasteiger partial charge < -0.3 is 16.5 Å². The van der Waals surface area contributed by atoms with E-state index in [1.165, 1.54) is 20.0 Å². The van der Waals surface area contributed by atoms with Crippen LogP contribution in [0.25, 0.3) is 0 Å². The van der Waals surface area contributed by atoms with Crippen molar-refractivity contribution < 1.29 is 8.78 Å². The first-order chi connectivity index (χ1) is 9.33. The molecule has 4 nitrogen and oxygen atoms in total. The number of nitrogen functional groups attached to an aromatic ring is 1. The summed E-state index contributed by atoms with van der Waals surface area (Å²) in [5.41, 5.74) is 7.00. The first-order valence-corrected chi connectivity index (χ1v) is 6.02. The van der Waals surface area contributed by atoms with E-state index in [0.717, 1.165) is 13.1 Å². The van der Waals surface area contributed by atoms with Gasteiger partial charge in [0.25, 0.3) is 5.92 Å². The Hall–Kier alpha value is -2.24. The van der Waals surface area contributed by atoms with Crippen LogP contribution >= 0.6 is 0 Å². The maximum absolute atomic E-state index is 13.5. The lowest BCUT2D eigenvalue weighted by molar-refractivity contribution is 0.0699. The molecular weight excluding hydrogens is 262 g/mol. The van der Waals surface area contributed by atoms with Gasteiger partial charge in [0.1, 0.15) is 5.84 Å². The van der Waals surface area contributed by atoms with E-state index < -0.39 is 5.92 Å². The number of amidine groups is 1. The third-order valence-electron chi connectivity index (χ3n) is 2.75. The van der Waals surface area contributed by atoms with Crippen molar-refractivity contribution in [3.8, 4) is 0 Å². The molecule has 0 amide bonds. The minimum Gasteiger partial charge on any atom is -0.398 e. The summed E-state index contributed by atoms with van der Waals surface area (Å²) in [7, 11) is 1.44. The lowest BCUT2D eigenvalue weighted by atomic mass is 10.1. The molecule has 0 aromatic heterocycles. The van der Waals surface area contributed by atoms with Crippen molar-refractivity contribution in [2.24, 2.45) is 4.99 Å². The van der Waals surface area contributed by atoms with Crippen LogP contribution in [0.3, 0.4) is 0 Å². The number of hydrogen-bond donors (Lipinski definition) is 3. The van der Waals surface area contributed by atoms with Gasteiger partial charge in [-0.2, -0.15) is 0 Å². The Morgan fingerprint density at radius 1 is 1.45 bits per heavy atom. The molecular formula is C14H18F2N4. The van der Waals surface area contributed by atoms with Gasteiger partial charge in [-0.3, -0.25) is 4.99 Å². The van der Waals surface area contributed by atoms with Crippen LogP contribution in [0.4, 0.5) is 20.2 Å². The van der Waals surface area contributed by atoms with Crippen LogP contribution < -0.4 is 11.1 Å². The van der Waals surface area contributed by atoms with Gasteiger partial charge in [-0.25, -0.2) is 8.78 Å². The molecule has 0 radical (unpaired) electrons. The predicted molar refractivity (Wildman–Crippen MR) is 80.1 cm³/mol. The summed E-state index contributed by atoms with van der Waals surface area (Å²) in [4.78, 5) is 3.87. The molecule has 6 heteroatoms.